The Morgan fingerprint density at radius 1 is 1.17 bits per heavy atom. The normalized spacial score (nSPS) is 15.3. The molecule has 1 heterocycles. The molecule has 6 heteroatoms. The van der Waals surface area contributed by atoms with Gasteiger partial charge in [-0.2, -0.15) is 8.78 Å². The third kappa shape index (κ3) is 2.22. The molecule has 0 aliphatic carbocycles. The van der Waals surface area contributed by atoms with Crippen LogP contribution >= 0.6 is 0 Å². The van der Waals surface area contributed by atoms with E-state index in [0.29, 0.717) is 11.3 Å². The van der Waals surface area contributed by atoms with Crippen LogP contribution in [0.1, 0.15) is 6.92 Å². The van der Waals surface area contributed by atoms with Gasteiger partial charge < -0.3 is 4.74 Å². The van der Waals surface area contributed by atoms with Gasteiger partial charge in [0.05, 0.1) is 5.69 Å². The fourth-order valence-electron chi connectivity index (χ4n) is 1.61. The first-order chi connectivity index (χ1) is 8.49. The second-order valence-corrected chi connectivity index (χ2v) is 3.68. The number of nitrogens with zero attached hydrogens (tertiary/aromatic N) is 1. The van der Waals surface area contributed by atoms with Crippen LogP contribution in [-0.4, -0.2) is 18.4 Å². The maximum atomic E-state index is 11.9. The zero-order valence-electron chi connectivity index (χ0n) is 9.39. The predicted molar refractivity (Wildman–Crippen MR) is 59.3 cm³/mol. The molecule has 0 fully saturated rings. The molecule has 0 saturated carbocycles. The number of carbonyl (C=O) groups is 2. The van der Waals surface area contributed by atoms with Crippen molar-refractivity contribution in [3.05, 3.63) is 35.9 Å². The van der Waals surface area contributed by atoms with Crippen LogP contribution in [0, 0.1) is 0 Å². The van der Waals surface area contributed by atoms with Crippen molar-refractivity contribution in [3.8, 4) is 5.75 Å². The number of anilines is 1. The minimum atomic E-state index is -2.91. The number of amides is 2. The third-order valence-electron chi connectivity index (χ3n) is 2.42. The van der Waals surface area contributed by atoms with Gasteiger partial charge in [-0.25, -0.2) is 4.90 Å². The van der Waals surface area contributed by atoms with Crippen LogP contribution in [0.4, 0.5) is 14.5 Å². The van der Waals surface area contributed by atoms with Crippen LogP contribution in [0.2, 0.25) is 0 Å². The lowest BCUT2D eigenvalue weighted by Gasteiger charge is -2.14. The quantitative estimate of drug-likeness (QED) is 0.775. The molecular formula is C12H9F2NO3. The van der Waals surface area contributed by atoms with E-state index >= 15 is 0 Å². The topological polar surface area (TPSA) is 46.6 Å². The first-order valence-corrected chi connectivity index (χ1v) is 5.10. The van der Waals surface area contributed by atoms with Crippen molar-refractivity contribution in [2.75, 3.05) is 4.90 Å². The van der Waals surface area contributed by atoms with Gasteiger partial charge >= 0.3 is 6.61 Å². The number of halogens is 2. The highest BCUT2D eigenvalue weighted by atomic mass is 19.3. The highest BCUT2D eigenvalue weighted by Crippen LogP contribution is 2.25. The molecule has 1 aromatic carbocycles. The predicted octanol–water partition coefficient (Wildman–Crippen LogP) is 2.11. The molecule has 0 atom stereocenters. The van der Waals surface area contributed by atoms with Gasteiger partial charge in [0.1, 0.15) is 5.75 Å². The highest BCUT2D eigenvalue weighted by Gasteiger charge is 2.29. The maximum Gasteiger partial charge on any atom is 0.387 e. The van der Waals surface area contributed by atoms with Gasteiger partial charge in [0, 0.05) is 11.6 Å². The summed E-state index contributed by atoms with van der Waals surface area (Å²) in [6.45, 7) is -1.37. The molecule has 0 spiro atoms. The summed E-state index contributed by atoms with van der Waals surface area (Å²) in [6.07, 6.45) is 1.23. The molecule has 0 saturated heterocycles. The maximum absolute atomic E-state index is 11.9. The summed E-state index contributed by atoms with van der Waals surface area (Å²) in [5.41, 5.74) is 0.660. The van der Waals surface area contributed by atoms with Gasteiger partial charge in [-0.1, -0.05) is 0 Å². The number of rotatable bonds is 3. The van der Waals surface area contributed by atoms with E-state index in [0.717, 1.165) is 4.90 Å². The fourth-order valence-corrected chi connectivity index (χ4v) is 1.61. The Balaban J connectivity index is 2.21. The van der Waals surface area contributed by atoms with Crippen LogP contribution in [0.5, 0.6) is 5.75 Å². The van der Waals surface area contributed by atoms with Crippen LogP contribution < -0.4 is 9.64 Å². The van der Waals surface area contributed by atoms with Crippen molar-refractivity contribution in [2.24, 2.45) is 0 Å². The number of alkyl halides is 2. The summed E-state index contributed by atoms with van der Waals surface area (Å²) in [7, 11) is 0. The van der Waals surface area contributed by atoms with Crippen molar-refractivity contribution in [2.45, 2.75) is 13.5 Å². The number of hydrogen-bond acceptors (Lipinski definition) is 3. The zero-order chi connectivity index (χ0) is 13.3. The Kier molecular flexibility index (Phi) is 3.10. The molecule has 1 aliphatic heterocycles. The van der Waals surface area contributed by atoms with E-state index in [1.54, 1.807) is 0 Å². The van der Waals surface area contributed by atoms with E-state index in [4.69, 9.17) is 0 Å². The van der Waals surface area contributed by atoms with Crippen molar-refractivity contribution >= 4 is 17.5 Å². The summed E-state index contributed by atoms with van der Waals surface area (Å²) in [5.74, 6) is -0.889. The molecule has 2 rings (SSSR count). The molecule has 0 aromatic heterocycles. The lowest BCUT2D eigenvalue weighted by atomic mass is 10.2. The Morgan fingerprint density at radius 3 is 2.22 bits per heavy atom. The summed E-state index contributed by atoms with van der Waals surface area (Å²) >= 11 is 0. The lowest BCUT2D eigenvalue weighted by molar-refractivity contribution is -0.120. The van der Waals surface area contributed by atoms with Crippen LogP contribution in [0.15, 0.2) is 35.9 Å². The third-order valence-corrected chi connectivity index (χ3v) is 2.42. The van der Waals surface area contributed by atoms with Crippen molar-refractivity contribution in [3.63, 3.8) is 0 Å². The molecular weight excluding hydrogens is 244 g/mol. The summed E-state index contributed by atoms with van der Waals surface area (Å²) < 4.78 is 28.1. The van der Waals surface area contributed by atoms with Gasteiger partial charge in [0.2, 0.25) is 0 Å². The van der Waals surface area contributed by atoms with Crippen LogP contribution in [0.25, 0.3) is 0 Å². The molecule has 4 nitrogen and oxygen atoms in total. The van der Waals surface area contributed by atoms with Crippen molar-refractivity contribution in [1.29, 1.82) is 0 Å². The van der Waals surface area contributed by atoms with Gasteiger partial charge in [-0.15, -0.1) is 0 Å². The van der Waals surface area contributed by atoms with Gasteiger partial charge in [0.25, 0.3) is 11.8 Å². The Hall–Kier alpha value is -2.24. The standard InChI is InChI=1S/C12H9F2NO3/c1-7-6-10(16)15(11(7)17)8-2-4-9(5-3-8)18-12(13)14/h2-6,12H,1H3. The van der Waals surface area contributed by atoms with E-state index in [1.807, 2.05) is 0 Å². The molecule has 2 amide bonds. The molecule has 94 valence electrons. The van der Waals surface area contributed by atoms with Crippen LogP contribution in [0.3, 0.4) is 0 Å². The zero-order valence-corrected chi connectivity index (χ0v) is 9.39. The number of ether oxygens (including phenoxy) is 1. The monoisotopic (exact) mass is 253 g/mol. The van der Waals surface area contributed by atoms with E-state index < -0.39 is 18.4 Å². The van der Waals surface area contributed by atoms with Crippen LogP contribution in [-0.2, 0) is 9.59 Å². The molecule has 0 N–H and O–H groups in total. The molecule has 18 heavy (non-hydrogen) atoms. The van der Waals surface area contributed by atoms with Gasteiger partial charge in [-0.05, 0) is 31.2 Å². The summed E-state index contributed by atoms with van der Waals surface area (Å²) in [6, 6.07) is 5.30. The lowest BCUT2D eigenvalue weighted by Crippen LogP contribution is -2.30. The average molecular weight is 253 g/mol. The molecule has 1 aromatic rings. The average Bonchev–Trinajstić information content (AvgIpc) is 2.54. The Labute approximate surface area is 101 Å². The second-order valence-electron chi connectivity index (χ2n) is 3.68. The number of carbonyl (C=O) groups excluding carboxylic acids is 2. The summed E-state index contributed by atoms with van der Waals surface area (Å²) in [4.78, 5) is 24.2. The van der Waals surface area contributed by atoms with Crippen molar-refractivity contribution < 1.29 is 23.1 Å². The van der Waals surface area contributed by atoms with Gasteiger partial charge in [0.15, 0.2) is 0 Å². The highest BCUT2D eigenvalue weighted by molar-refractivity contribution is 6.30. The van der Waals surface area contributed by atoms with E-state index in [1.165, 1.54) is 37.3 Å². The molecule has 0 unspecified atom stereocenters. The first-order valence-electron chi connectivity index (χ1n) is 5.10. The van der Waals surface area contributed by atoms with E-state index in [2.05, 4.69) is 4.74 Å². The van der Waals surface area contributed by atoms with E-state index in [-0.39, 0.29) is 5.75 Å². The molecule has 0 radical (unpaired) electrons. The number of hydrogen-bond donors (Lipinski definition) is 0. The number of imide groups is 1. The second kappa shape index (κ2) is 4.56. The Morgan fingerprint density at radius 2 is 1.78 bits per heavy atom. The minimum absolute atomic E-state index is 0.0301. The molecule has 1 aliphatic rings. The largest absolute Gasteiger partial charge is 0.435 e. The number of benzene rings is 1. The Bertz CT molecular complexity index is 523. The minimum Gasteiger partial charge on any atom is -0.435 e. The van der Waals surface area contributed by atoms with E-state index in [9.17, 15) is 18.4 Å². The summed E-state index contributed by atoms with van der Waals surface area (Å²) in [5, 5.41) is 0. The molecule has 0 bridgehead atoms. The fraction of sp³-hybridized carbons (Fsp3) is 0.167. The smallest absolute Gasteiger partial charge is 0.387 e. The first kappa shape index (κ1) is 12.2. The SMILES string of the molecule is CC1=CC(=O)N(c2ccc(OC(F)F)cc2)C1=O. The van der Waals surface area contributed by atoms with Gasteiger partial charge in [-0.3, -0.25) is 9.59 Å². The van der Waals surface area contributed by atoms with Crippen molar-refractivity contribution in [1.82, 2.24) is 0 Å².